The van der Waals surface area contributed by atoms with Crippen LogP contribution in [0, 0.1) is 5.92 Å². The molecule has 0 fully saturated rings. The summed E-state index contributed by atoms with van der Waals surface area (Å²) in [4.78, 5) is 0.467. The fourth-order valence-electron chi connectivity index (χ4n) is 1.20. The summed E-state index contributed by atoms with van der Waals surface area (Å²) >= 11 is 3.55. The predicted octanol–water partition coefficient (Wildman–Crippen LogP) is 2.62. The van der Waals surface area contributed by atoms with Gasteiger partial charge < -0.3 is 0 Å². The van der Waals surface area contributed by atoms with Gasteiger partial charge in [-0.25, -0.2) is 8.42 Å². The molecule has 2 nitrogen and oxygen atoms in total. The summed E-state index contributed by atoms with van der Waals surface area (Å²) in [5, 5.41) is 0. The maximum atomic E-state index is 10.8. The zero-order chi connectivity index (χ0) is 10.5. The fraction of sp³-hybridized carbons (Fsp3) is 1.00. The third-order valence-electron chi connectivity index (χ3n) is 1.76. The van der Waals surface area contributed by atoms with Crippen LogP contribution in [0.5, 0.6) is 0 Å². The van der Waals surface area contributed by atoms with Gasteiger partial charge in [0.25, 0.3) is 0 Å². The maximum Gasteiger partial charge on any atom is 0.147 e. The minimum atomic E-state index is -2.77. The molecule has 0 aliphatic carbocycles. The molecular formula is C9H19BrO2S. The minimum Gasteiger partial charge on any atom is -0.229 e. The summed E-state index contributed by atoms with van der Waals surface area (Å²) < 4.78 is 21.6. The Morgan fingerprint density at radius 1 is 1.31 bits per heavy atom. The van der Waals surface area contributed by atoms with E-state index in [0.29, 0.717) is 16.5 Å². The lowest BCUT2D eigenvalue weighted by Crippen LogP contribution is -2.08. The summed E-state index contributed by atoms with van der Waals surface area (Å²) in [6.45, 7) is 4.34. The Kier molecular flexibility index (Phi) is 6.21. The minimum absolute atomic E-state index is 0.313. The van der Waals surface area contributed by atoms with E-state index in [-0.39, 0.29) is 0 Å². The molecule has 0 rings (SSSR count). The summed E-state index contributed by atoms with van der Waals surface area (Å²) in [6.07, 6.45) is 4.12. The van der Waals surface area contributed by atoms with Gasteiger partial charge in [-0.1, -0.05) is 29.8 Å². The Balaban J connectivity index is 3.54. The summed E-state index contributed by atoms with van der Waals surface area (Å²) in [5.41, 5.74) is 0. The van der Waals surface area contributed by atoms with E-state index in [1.807, 2.05) is 0 Å². The second kappa shape index (κ2) is 6.02. The van der Waals surface area contributed by atoms with Crippen molar-refractivity contribution in [2.45, 2.75) is 37.9 Å². The van der Waals surface area contributed by atoms with Crippen LogP contribution in [0.25, 0.3) is 0 Å². The van der Waals surface area contributed by atoms with E-state index in [2.05, 4.69) is 29.8 Å². The van der Waals surface area contributed by atoms with Gasteiger partial charge in [0, 0.05) is 16.8 Å². The molecule has 0 spiro atoms. The molecule has 0 saturated heterocycles. The lowest BCUT2D eigenvalue weighted by atomic mass is 10.1. The van der Waals surface area contributed by atoms with Crippen LogP contribution in [0.15, 0.2) is 0 Å². The van der Waals surface area contributed by atoms with Crippen molar-refractivity contribution in [1.82, 2.24) is 0 Å². The largest absolute Gasteiger partial charge is 0.229 e. The first-order valence-electron chi connectivity index (χ1n) is 4.63. The van der Waals surface area contributed by atoms with E-state index in [1.54, 1.807) is 0 Å². The molecule has 0 heterocycles. The van der Waals surface area contributed by atoms with Crippen LogP contribution in [0.1, 0.15) is 33.1 Å². The van der Waals surface area contributed by atoms with Crippen molar-refractivity contribution in [2.75, 3.05) is 12.0 Å². The quantitative estimate of drug-likeness (QED) is 0.696. The molecule has 0 aromatic carbocycles. The summed E-state index contributed by atoms with van der Waals surface area (Å²) in [6, 6.07) is 0. The Morgan fingerprint density at radius 3 is 2.23 bits per heavy atom. The zero-order valence-electron chi connectivity index (χ0n) is 8.59. The molecule has 0 aliphatic heterocycles. The fourth-order valence-corrected chi connectivity index (χ4v) is 2.96. The first-order valence-corrected chi connectivity index (χ1v) is 7.60. The molecular weight excluding hydrogens is 252 g/mol. The van der Waals surface area contributed by atoms with Crippen LogP contribution in [-0.4, -0.2) is 25.3 Å². The van der Waals surface area contributed by atoms with Crippen LogP contribution < -0.4 is 0 Å². The Morgan fingerprint density at radius 2 is 1.85 bits per heavy atom. The van der Waals surface area contributed by atoms with E-state index in [1.165, 1.54) is 6.26 Å². The van der Waals surface area contributed by atoms with Gasteiger partial charge >= 0.3 is 0 Å². The Labute approximate surface area is 90.2 Å². The van der Waals surface area contributed by atoms with E-state index < -0.39 is 9.84 Å². The highest BCUT2D eigenvalue weighted by atomic mass is 79.9. The summed E-state index contributed by atoms with van der Waals surface area (Å²) in [7, 11) is -2.77. The van der Waals surface area contributed by atoms with E-state index in [0.717, 1.165) is 19.3 Å². The van der Waals surface area contributed by atoms with Crippen LogP contribution in [-0.2, 0) is 9.84 Å². The number of halogens is 1. The normalized spacial score (nSPS) is 14.8. The smallest absolute Gasteiger partial charge is 0.147 e. The van der Waals surface area contributed by atoms with Crippen molar-refractivity contribution in [3.8, 4) is 0 Å². The monoisotopic (exact) mass is 270 g/mol. The van der Waals surface area contributed by atoms with Crippen LogP contribution >= 0.6 is 15.9 Å². The van der Waals surface area contributed by atoms with Gasteiger partial charge in [0.15, 0.2) is 0 Å². The average molecular weight is 271 g/mol. The second-order valence-electron chi connectivity index (χ2n) is 4.00. The Bertz CT molecular complexity index is 222. The van der Waals surface area contributed by atoms with E-state index >= 15 is 0 Å². The van der Waals surface area contributed by atoms with Gasteiger partial charge in [0.05, 0.1) is 0 Å². The third kappa shape index (κ3) is 10.4. The first-order chi connectivity index (χ1) is 5.81. The second-order valence-corrected chi connectivity index (χ2v) is 7.55. The molecule has 80 valence electrons. The highest BCUT2D eigenvalue weighted by molar-refractivity contribution is 9.09. The van der Waals surface area contributed by atoms with Crippen molar-refractivity contribution in [3.05, 3.63) is 0 Å². The van der Waals surface area contributed by atoms with Crippen LogP contribution in [0.4, 0.5) is 0 Å². The molecule has 1 unspecified atom stereocenters. The molecule has 13 heavy (non-hydrogen) atoms. The molecule has 0 bridgehead atoms. The highest BCUT2D eigenvalue weighted by Gasteiger charge is 2.08. The maximum absolute atomic E-state index is 10.8. The van der Waals surface area contributed by atoms with Crippen molar-refractivity contribution >= 4 is 25.8 Å². The van der Waals surface area contributed by atoms with Crippen LogP contribution in [0.3, 0.4) is 0 Å². The highest BCUT2D eigenvalue weighted by Crippen LogP contribution is 2.17. The van der Waals surface area contributed by atoms with Gasteiger partial charge in [0.2, 0.25) is 0 Å². The lowest BCUT2D eigenvalue weighted by molar-refractivity contribution is 0.548. The number of hydrogen-bond donors (Lipinski definition) is 0. The van der Waals surface area contributed by atoms with Crippen molar-refractivity contribution in [2.24, 2.45) is 5.92 Å². The van der Waals surface area contributed by atoms with E-state index in [4.69, 9.17) is 0 Å². The van der Waals surface area contributed by atoms with E-state index in [9.17, 15) is 8.42 Å². The predicted molar refractivity (Wildman–Crippen MR) is 61.1 cm³/mol. The molecule has 0 aliphatic rings. The molecule has 0 N–H and O–H groups in total. The van der Waals surface area contributed by atoms with Gasteiger partial charge in [-0.2, -0.15) is 0 Å². The van der Waals surface area contributed by atoms with Gasteiger partial charge in [0.1, 0.15) is 9.84 Å². The molecule has 0 aromatic heterocycles. The van der Waals surface area contributed by atoms with Gasteiger partial charge in [-0.15, -0.1) is 0 Å². The summed E-state index contributed by atoms with van der Waals surface area (Å²) in [5.74, 6) is 0.982. The van der Waals surface area contributed by atoms with Gasteiger partial charge in [-0.3, -0.25) is 0 Å². The van der Waals surface area contributed by atoms with Crippen molar-refractivity contribution in [1.29, 1.82) is 0 Å². The number of rotatable bonds is 6. The average Bonchev–Trinajstić information content (AvgIpc) is 1.81. The molecule has 1 atom stereocenters. The SMILES string of the molecule is CC(C)CC(Br)CCCS(C)(=O)=O. The number of sulfone groups is 1. The van der Waals surface area contributed by atoms with Gasteiger partial charge in [-0.05, 0) is 25.2 Å². The van der Waals surface area contributed by atoms with Crippen molar-refractivity contribution in [3.63, 3.8) is 0 Å². The topological polar surface area (TPSA) is 34.1 Å². The molecule has 0 aromatic rings. The number of hydrogen-bond acceptors (Lipinski definition) is 2. The van der Waals surface area contributed by atoms with Crippen LogP contribution in [0.2, 0.25) is 0 Å². The number of alkyl halides is 1. The molecule has 0 radical (unpaired) electrons. The van der Waals surface area contributed by atoms with Crippen molar-refractivity contribution < 1.29 is 8.42 Å². The Hall–Kier alpha value is 0.430. The molecule has 4 heteroatoms. The first kappa shape index (κ1) is 13.4. The standard InChI is InChI=1S/C9H19BrO2S/c1-8(2)7-9(10)5-4-6-13(3,11)12/h8-9H,4-7H2,1-3H3. The lowest BCUT2D eigenvalue weighted by Gasteiger charge is -2.11. The molecule has 0 amide bonds. The third-order valence-corrected chi connectivity index (χ3v) is 3.62. The zero-order valence-corrected chi connectivity index (χ0v) is 11.0. The molecule has 0 saturated carbocycles.